The highest BCUT2D eigenvalue weighted by molar-refractivity contribution is 5.17. The van der Waals surface area contributed by atoms with Crippen molar-refractivity contribution in [3.63, 3.8) is 0 Å². The topological polar surface area (TPSA) is 34.1 Å². The standard InChI is InChI=1S/C17H26N2O/c1-3-20-16-12-15(17(16)8-4-5-9-17)19-13(2)14-6-10-18-11-7-14/h6-7,10-11,13,15-16,19H,3-5,8-9,12H2,1-2H3/t13-,15?,16?/m0/s1. The molecule has 0 amide bonds. The van der Waals surface area contributed by atoms with Crippen LogP contribution in [0, 0.1) is 5.41 Å². The van der Waals surface area contributed by atoms with E-state index in [1.807, 2.05) is 12.4 Å². The third kappa shape index (κ3) is 2.38. The zero-order valence-corrected chi connectivity index (χ0v) is 12.6. The van der Waals surface area contributed by atoms with E-state index in [1.54, 1.807) is 0 Å². The maximum Gasteiger partial charge on any atom is 0.0661 e. The average Bonchev–Trinajstić information content (AvgIpc) is 2.99. The van der Waals surface area contributed by atoms with Crippen molar-refractivity contribution in [3.8, 4) is 0 Å². The van der Waals surface area contributed by atoms with E-state index in [1.165, 1.54) is 37.7 Å². The number of pyridine rings is 1. The summed E-state index contributed by atoms with van der Waals surface area (Å²) in [5.74, 6) is 0. The van der Waals surface area contributed by atoms with Crippen LogP contribution in [0.5, 0.6) is 0 Å². The van der Waals surface area contributed by atoms with E-state index in [4.69, 9.17) is 4.74 Å². The van der Waals surface area contributed by atoms with Crippen LogP contribution in [0.4, 0.5) is 0 Å². The zero-order valence-electron chi connectivity index (χ0n) is 12.6. The molecule has 0 aliphatic heterocycles. The van der Waals surface area contributed by atoms with Gasteiger partial charge in [0.05, 0.1) is 6.10 Å². The quantitative estimate of drug-likeness (QED) is 0.892. The summed E-state index contributed by atoms with van der Waals surface area (Å²) in [6.07, 6.45) is 10.8. The molecule has 2 aliphatic carbocycles. The number of hydrogen-bond donors (Lipinski definition) is 1. The molecule has 0 aromatic carbocycles. The van der Waals surface area contributed by atoms with Crippen molar-refractivity contribution in [2.45, 2.75) is 64.1 Å². The van der Waals surface area contributed by atoms with Gasteiger partial charge in [-0.3, -0.25) is 4.98 Å². The van der Waals surface area contributed by atoms with Gasteiger partial charge in [-0.05, 0) is 50.8 Å². The van der Waals surface area contributed by atoms with Crippen LogP contribution in [-0.2, 0) is 4.74 Å². The fourth-order valence-corrected chi connectivity index (χ4v) is 4.17. The first-order chi connectivity index (χ1) is 9.76. The first kappa shape index (κ1) is 14.0. The van der Waals surface area contributed by atoms with E-state index in [2.05, 4.69) is 36.3 Å². The Morgan fingerprint density at radius 1 is 1.35 bits per heavy atom. The number of nitrogens with one attached hydrogen (secondary N) is 1. The van der Waals surface area contributed by atoms with Crippen LogP contribution >= 0.6 is 0 Å². The van der Waals surface area contributed by atoms with Crippen molar-refractivity contribution >= 4 is 0 Å². The highest BCUT2D eigenvalue weighted by Crippen LogP contribution is 2.55. The third-order valence-electron chi connectivity index (χ3n) is 5.34. The first-order valence-corrected chi connectivity index (χ1v) is 8.04. The Balaban J connectivity index is 1.66. The Labute approximate surface area is 122 Å². The number of nitrogens with zero attached hydrogens (tertiary/aromatic N) is 1. The largest absolute Gasteiger partial charge is 0.378 e. The monoisotopic (exact) mass is 274 g/mol. The van der Waals surface area contributed by atoms with E-state index >= 15 is 0 Å². The molecule has 3 nitrogen and oxygen atoms in total. The van der Waals surface area contributed by atoms with E-state index in [-0.39, 0.29) is 0 Å². The van der Waals surface area contributed by atoms with Crippen LogP contribution < -0.4 is 5.32 Å². The number of rotatable bonds is 5. The molecule has 1 N–H and O–H groups in total. The first-order valence-electron chi connectivity index (χ1n) is 8.04. The lowest BCUT2D eigenvalue weighted by Crippen LogP contribution is -2.63. The smallest absolute Gasteiger partial charge is 0.0661 e. The summed E-state index contributed by atoms with van der Waals surface area (Å²) in [5, 5.41) is 3.85. The molecular formula is C17H26N2O. The second-order valence-electron chi connectivity index (χ2n) is 6.34. The highest BCUT2D eigenvalue weighted by Gasteiger charge is 2.56. The summed E-state index contributed by atoms with van der Waals surface area (Å²) >= 11 is 0. The van der Waals surface area contributed by atoms with E-state index < -0.39 is 0 Å². The summed E-state index contributed by atoms with van der Waals surface area (Å²) in [6, 6.07) is 5.22. The van der Waals surface area contributed by atoms with Gasteiger partial charge in [-0.2, -0.15) is 0 Å². The van der Waals surface area contributed by atoms with Gasteiger partial charge in [-0.1, -0.05) is 12.8 Å². The Bertz CT molecular complexity index is 428. The molecule has 3 rings (SSSR count). The van der Waals surface area contributed by atoms with Crippen molar-refractivity contribution < 1.29 is 4.74 Å². The van der Waals surface area contributed by atoms with Gasteiger partial charge in [0.25, 0.3) is 0 Å². The fourth-order valence-electron chi connectivity index (χ4n) is 4.17. The second-order valence-corrected chi connectivity index (χ2v) is 6.34. The zero-order chi connectivity index (χ0) is 14.0. The second kappa shape index (κ2) is 5.82. The van der Waals surface area contributed by atoms with Crippen LogP contribution in [0.15, 0.2) is 24.5 Å². The highest BCUT2D eigenvalue weighted by atomic mass is 16.5. The van der Waals surface area contributed by atoms with Gasteiger partial charge in [0.2, 0.25) is 0 Å². The van der Waals surface area contributed by atoms with Crippen molar-refractivity contribution in [2.24, 2.45) is 5.41 Å². The molecule has 20 heavy (non-hydrogen) atoms. The molecule has 0 saturated heterocycles. The van der Waals surface area contributed by atoms with Gasteiger partial charge in [0, 0.05) is 36.5 Å². The molecule has 110 valence electrons. The minimum absolute atomic E-state index is 0.392. The number of ether oxygens (including phenoxy) is 1. The Kier molecular flexibility index (Phi) is 4.08. The summed E-state index contributed by atoms with van der Waals surface area (Å²) in [4.78, 5) is 4.10. The lowest BCUT2D eigenvalue weighted by molar-refractivity contribution is -0.132. The molecule has 2 saturated carbocycles. The van der Waals surface area contributed by atoms with Gasteiger partial charge >= 0.3 is 0 Å². The minimum atomic E-state index is 0.392. The third-order valence-corrected chi connectivity index (χ3v) is 5.34. The van der Waals surface area contributed by atoms with Crippen LogP contribution in [-0.4, -0.2) is 23.7 Å². The Morgan fingerprint density at radius 3 is 2.70 bits per heavy atom. The molecule has 0 bridgehead atoms. The van der Waals surface area contributed by atoms with Crippen molar-refractivity contribution in [2.75, 3.05) is 6.61 Å². The molecule has 1 aromatic heterocycles. The van der Waals surface area contributed by atoms with Crippen LogP contribution in [0.2, 0.25) is 0 Å². The minimum Gasteiger partial charge on any atom is -0.378 e. The van der Waals surface area contributed by atoms with Crippen molar-refractivity contribution in [1.29, 1.82) is 0 Å². The molecule has 1 heterocycles. The molecule has 1 spiro atoms. The lowest BCUT2D eigenvalue weighted by atomic mass is 9.60. The van der Waals surface area contributed by atoms with Gasteiger partial charge < -0.3 is 10.1 Å². The normalized spacial score (nSPS) is 29.3. The van der Waals surface area contributed by atoms with Crippen LogP contribution in [0.3, 0.4) is 0 Å². The molecule has 1 aromatic rings. The lowest BCUT2D eigenvalue weighted by Gasteiger charge is -2.55. The molecule has 2 fully saturated rings. The van der Waals surface area contributed by atoms with Gasteiger partial charge in [0.15, 0.2) is 0 Å². The van der Waals surface area contributed by atoms with Crippen LogP contribution in [0.25, 0.3) is 0 Å². The summed E-state index contributed by atoms with van der Waals surface area (Å²) in [5.41, 5.74) is 1.74. The van der Waals surface area contributed by atoms with E-state index in [0.717, 1.165) is 6.61 Å². The number of hydrogen-bond acceptors (Lipinski definition) is 3. The van der Waals surface area contributed by atoms with Crippen molar-refractivity contribution in [3.05, 3.63) is 30.1 Å². The maximum absolute atomic E-state index is 5.98. The number of aromatic nitrogens is 1. The Morgan fingerprint density at radius 2 is 2.05 bits per heavy atom. The van der Waals surface area contributed by atoms with Gasteiger partial charge in [0.1, 0.15) is 0 Å². The molecule has 3 atom stereocenters. The van der Waals surface area contributed by atoms with E-state index in [9.17, 15) is 0 Å². The Hall–Kier alpha value is -0.930. The summed E-state index contributed by atoms with van der Waals surface area (Å²) in [6.45, 7) is 5.22. The predicted molar refractivity (Wildman–Crippen MR) is 80.5 cm³/mol. The van der Waals surface area contributed by atoms with Crippen LogP contribution in [0.1, 0.15) is 57.6 Å². The van der Waals surface area contributed by atoms with Gasteiger partial charge in [-0.15, -0.1) is 0 Å². The maximum atomic E-state index is 5.98. The summed E-state index contributed by atoms with van der Waals surface area (Å²) in [7, 11) is 0. The van der Waals surface area contributed by atoms with E-state index in [0.29, 0.717) is 23.6 Å². The average molecular weight is 274 g/mol. The SMILES string of the molecule is CCOC1CC(N[C@@H](C)c2ccncc2)C12CCCC2. The van der Waals surface area contributed by atoms with Gasteiger partial charge in [-0.25, -0.2) is 0 Å². The van der Waals surface area contributed by atoms with Crippen molar-refractivity contribution in [1.82, 2.24) is 10.3 Å². The molecular weight excluding hydrogens is 248 g/mol. The molecule has 2 aliphatic rings. The summed E-state index contributed by atoms with van der Waals surface area (Å²) < 4.78 is 5.98. The molecule has 3 heteroatoms. The predicted octanol–water partition coefficient (Wildman–Crippen LogP) is 3.47. The fraction of sp³-hybridized carbons (Fsp3) is 0.706. The molecule has 2 unspecified atom stereocenters. The molecule has 0 radical (unpaired) electrons.